The maximum atomic E-state index is 12.6. The van der Waals surface area contributed by atoms with Gasteiger partial charge < -0.3 is 9.73 Å². The highest BCUT2D eigenvalue weighted by atomic mass is 32.2. The average molecular weight is 474 g/mol. The van der Waals surface area contributed by atoms with Crippen LogP contribution in [0, 0.1) is 0 Å². The fraction of sp³-hybridized carbons (Fsp3) is 0.0400. The Bertz CT molecular complexity index is 1550. The van der Waals surface area contributed by atoms with E-state index >= 15 is 0 Å². The van der Waals surface area contributed by atoms with E-state index < -0.39 is 21.8 Å². The first kappa shape index (κ1) is 21.6. The SMILES string of the molecule is NS(=O)(=O)c1ccc(CN/C=C2\C(=O)NC(=O)c3ccc(-c4cc5ccccc5o4)cc32)cc1. The molecular weight excluding hydrogens is 454 g/mol. The van der Waals surface area contributed by atoms with Crippen molar-refractivity contribution < 1.29 is 22.4 Å². The second-order valence-electron chi connectivity index (χ2n) is 7.82. The quantitative estimate of drug-likeness (QED) is 0.301. The lowest BCUT2D eigenvalue weighted by molar-refractivity contribution is -0.114. The van der Waals surface area contributed by atoms with Crippen LogP contribution >= 0.6 is 0 Å². The topological polar surface area (TPSA) is 132 Å². The Kier molecular flexibility index (Phi) is 5.27. The normalized spacial score (nSPS) is 14.8. The molecular formula is C25H19N3O5S. The van der Waals surface area contributed by atoms with E-state index in [-0.39, 0.29) is 4.90 Å². The van der Waals surface area contributed by atoms with E-state index in [0.717, 1.165) is 22.1 Å². The number of imide groups is 1. The molecule has 34 heavy (non-hydrogen) atoms. The van der Waals surface area contributed by atoms with Gasteiger partial charge in [0.2, 0.25) is 10.0 Å². The number of furan rings is 1. The molecule has 4 N–H and O–H groups in total. The molecule has 170 valence electrons. The molecule has 0 atom stereocenters. The monoisotopic (exact) mass is 473 g/mol. The summed E-state index contributed by atoms with van der Waals surface area (Å²) in [5.74, 6) is -0.354. The molecule has 1 aliphatic rings. The van der Waals surface area contributed by atoms with Crippen LogP contribution in [-0.2, 0) is 21.4 Å². The van der Waals surface area contributed by atoms with Crippen molar-refractivity contribution in [3.05, 3.63) is 95.7 Å². The van der Waals surface area contributed by atoms with Gasteiger partial charge in [0.05, 0.1) is 10.5 Å². The van der Waals surface area contributed by atoms with Crippen molar-refractivity contribution in [2.45, 2.75) is 11.4 Å². The van der Waals surface area contributed by atoms with E-state index in [1.165, 1.54) is 18.3 Å². The summed E-state index contributed by atoms with van der Waals surface area (Å²) in [6.07, 6.45) is 1.54. The molecule has 0 spiro atoms. The van der Waals surface area contributed by atoms with E-state index in [1.54, 1.807) is 30.3 Å². The van der Waals surface area contributed by atoms with Gasteiger partial charge in [-0.3, -0.25) is 14.9 Å². The van der Waals surface area contributed by atoms with Gasteiger partial charge in [0.15, 0.2) is 0 Å². The number of amides is 2. The Morgan fingerprint density at radius 3 is 2.41 bits per heavy atom. The van der Waals surface area contributed by atoms with Crippen molar-refractivity contribution in [2.75, 3.05) is 0 Å². The van der Waals surface area contributed by atoms with Crippen molar-refractivity contribution in [3.63, 3.8) is 0 Å². The van der Waals surface area contributed by atoms with Gasteiger partial charge in [0.25, 0.3) is 11.8 Å². The van der Waals surface area contributed by atoms with Gasteiger partial charge in [0, 0.05) is 34.8 Å². The number of para-hydroxylation sites is 1. The summed E-state index contributed by atoms with van der Waals surface area (Å²) in [5, 5.41) is 11.5. The molecule has 1 aromatic heterocycles. The van der Waals surface area contributed by atoms with Gasteiger partial charge in [-0.05, 0) is 42.0 Å². The number of sulfonamides is 1. The molecule has 9 heteroatoms. The fourth-order valence-corrected chi connectivity index (χ4v) is 4.33. The van der Waals surface area contributed by atoms with E-state index in [1.807, 2.05) is 30.3 Å². The first-order chi connectivity index (χ1) is 16.3. The summed E-state index contributed by atoms with van der Waals surface area (Å²) in [7, 11) is -3.76. The molecule has 0 bridgehead atoms. The van der Waals surface area contributed by atoms with Gasteiger partial charge in [-0.25, -0.2) is 13.6 Å². The zero-order valence-electron chi connectivity index (χ0n) is 17.7. The lowest BCUT2D eigenvalue weighted by Crippen LogP contribution is -2.37. The van der Waals surface area contributed by atoms with Crippen LogP contribution in [-0.4, -0.2) is 20.2 Å². The molecule has 0 aliphatic carbocycles. The van der Waals surface area contributed by atoms with Crippen molar-refractivity contribution in [2.24, 2.45) is 5.14 Å². The molecule has 0 radical (unpaired) electrons. The number of carbonyl (C=O) groups excluding carboxylic acids is 2. The number of rotatable bonds is 5. The molecule has 0 unspecified atom stereocenters. The number of fused-ring (bicyclic) bond motifs is 2. The first-order valence-electron chi connectivity index (χ1n) is 10.3. The largest absolute Gasteiger partial charge is 0.456 e. The van der Waals surface area contributed by atoms with E-state index in [0.29, 0.717) is 29.0 Å². The number of primary sulfonamides is 1. The second-order valence-corrected chi connectivity index (χ2v) is 9.38. The van der Waals surface area contributed by atoms with E-state index in [2.05, 4.69) is 10.6 Å². The fourth-order valence-electron chi connectivity index (χ4n) is 3.81. The van der Waals surface area contributed by atoms with Crippen LogP contribution in [0.15, 0.2) is 88.3 Å². The molecule has 3 aromatic carbocycles. The highest BCUT2D eigenvalue weighted by molar-refractivity contribution is 7.89. The molecule has 0 fully saturated rings. The van der Waals surface area contributed by atoms with Crippen LogP contribution in [0.3, 0.4) is 0 Å². The summed E-state index contributed by atoms with van der Waals surface area (Å²) in [6, 6.07) is 20.8. The molecule has 1 aliphatic heterocycles. The predicted octanol–water partition coefficient (Wildman–Crippen LogP) is 3.15. The van der Waals surface area contributed by atoms with Crippen molar-refractivity contribution in [1.82, 2.24) is 10.6 Å². The molecule has 2 amide bonds. The summed E-state index contributed by atoms with van der Waals surface area (Å²) in [5.41, 5.74) is 3.44. The number of benzene rings is 3. The minimum atomic E-state index is -3.76. The lowest BCUT2D eigenvalue weighted by Gasteiger charge is -2.19. The smallest absolute Gasteiger partial charge is 0.260 e. The number of nitrogens with one attached hydrogen (secondary N) is 2. The third-order valence-electron chi connectivity index (χ3n) is 5.54. The third-order valence-corrected chi connectivity index (χ3v) is 6.47. The van der Waals surface area contributed by atoms with Gasteiger partial charge in [-0.1, -0.05) is 36.4 Å². The van der Waals surface area contributed by atoms with E-state index in [9.17, 15) is 18.0 Å². The highest BCUT2D eigenvalue weighted by Crippen LogP contribution is 2.32. The molecule has 8 nitrogen and oxygen atoms in total. The number of hydrogen-bond acceptors (Lipinski definition) is 6. The van der Waals surface area contributed by atoms with Crippen LogP contribution in [0.5, 0.6) is 0 Å². The maximum Gasteiger partial charge on any atom is 0.260 e. The highest BCUT2D eigenvalue weighted by Gasteiger charge is 2.28. The first-order valence-corrected chi connectivity index (χ1v) is 11.9. The van der Waals surface area contributed by atoms with Crippen molar-refractivity contribution >= 4 is 38.4 Å². The minimum absolute atomic E-state index is 0.0202. The van der Waals surface area contributed by atoms with Crippen LogP contribution in [0.4, 0.5) is 0 Å². The predicted molar refractivity (Wildman–Crippen MR) is 127 cm³/mol. The van der Waals surface area contributed by atoms with Gasteiger partial charge in [-0.2, -0.15) is 0 Å². The lowest BCUT2D eigenvalue weighted by atomic mass is 9.93. The molecule has 5 rings (SSSR count). The summed E-state index contributed by atoms with van der Waals surface area (Å²) < 4.78 is 28.7. The zero-order valence-corrected chi connectivity index (χ0v) is 18.6. The van der Waals surface area contributed by atoms with Crippen molar-refractivity contribution in [3.8, 4) is 11.3 Å². The molecule has 0 saturated heterocycles. The zero-order chi connectivity index (χ0) is 23.9. The summed E-state index contributed by atoms with van der Waals surface area (Å²) >= 11 is 0. The molecule has 2 heterocycles. The van der Waals surface area contributed by atoms with Gasteiger partial charge in [0.1, 0.15) is 11.3 Å². The molecule has 0 saturated carbocycles. The Morgan fingerprint density at radius 2 is 1.68 bits per heavy atom. The van der Waals surface area contributed by atoms with Crippen LogP contribution in [0.2, 0.25) is 0 Å². The van der Waals surface area contributed by atoms with Crippen LogP contribution in [0.1, 0.15) is 21.5 Å². The Morgan fingerprint density at radius 1 is 0.912 bits per heavy atom. The average Bonchev–Trinajstić information content (AvgIpc) is 3.25. The Hall–Kier alpha value is -4.21. The van der Waals surface area contributed by atoms with Gasteiger partial charge >= 0.3 is 0 Å². The standard InChI is InChI=1S/C25H19N3O5S/c26-34(31,32)18-8-5-15(6-9-18)13-27-14-21-20-11-17(7-10-19(20)24(29)28-25(21)30)23-12-16-3-1-2-4-22(16)33-23/h1-12,14,27H,13H2,(H2,26,31,32)(H,28,29,30)/b21-14-. The van der Waals surface area contributed by atoms with E-state index in [4.69, 9.17) is 9.56 Å². The number of nitrogens with two attached hydrogens (primary N) is 1. The summed E-state index contributed by atoms with van der Waals surface area (Å²) in [4.78, 5) is 25.0. The summed E-state index contributed by atoms with van der Waals surface area (Å²) in [6.45, 7) is 0.328. The molecule has 4 aromatic rings. The Balaban J connectivity index is 1.45. The third kappa shape index (κ3) is 4.09. The van der Waals surface area contributed by atoms with Gasteiger partial charge in [-0.15, -0.1) is 0 Å². The maximum absolute atomic E-state index is 12.6. The minimum Gasteiger partial charge on any atom is -0.456 e. The Labute approximate surface area is 195 Å². The second kappa shape index (κ2) is 8.29. The van der Waals surface area contributed by atoms with Crippen LogP contribution in [0.25, 0.3) is 27.9 Å². The number of carbonyl (C=O) groups is 2. The van der Waals surface area contributed by atoms with Crippen LogP contribution < -0.4 is 15.8 Å². The number of hydrogen-bond donors (Lipinski definition) is 3. The van der Waals surface area contributed by atoms with Crippen molar-refractivity contribution in [1.29, 1.82) is 0 Å².